The number of methoxy groups -OCH3 is 1. The van der Waals surface area contributed by atoms with E-state index >= 15 is 0 Å². The van der Waals surface area contributed by atoms with Gasteiger partial charge in [-0.15, -0.1) is 10.2 Å². The Labute approximate surface area is 167 Å². The second kappa shape index (κ2) is 8.20. The highest BCUT2D eigenvalue weighted by Crippen LogP contribution is 2.33. The number of hydrogen-bond donors (Lipinski definition) is 0. The third kappa shape index (κ3) is 3.57. The van der Waals surface area contributed by atoms with E-state index < -0.39 is 0 Å². The first kappa shape index (κ1) is 18.8. The van der Waals surface area contributed by atoms with Gasteiger partial charge >= 0.3 is 0 Å². The van der Waals surface area contributed by atoms with E-state index in [2.05, 4.69) is 23.2 Å². The molecule has 1 aromatic carbocycles. The fraction of sp³-hybridized carbons (Fsp3) is 0.350. The number of aromatic nitrogens is 3. The maximum atomic E-state index is 13.0. The number of fused-ring (bicyclic) bond motifs is 1. The van der Waals surface area contributed by atoms with Crippen molar-refractivity contribution in [3.63, 3.8) is 0 Å². The van der Waals surface area contributed by atoms with Crippen LogP contribution in [0.15, 0.2) is 52.2 Å². The normalized spacial score (nSPS) is 15.8. The molecule has 1 aliphatic heterocycles. The van der Waals surface area contributed by atoms with Crippen molar-refractivity contribution in [2.24, 2.45) is 0 Å². The molecule has 1 aliphatic rings. The summed E-state index contributed by atoms with van der Waals surface area (Å²) >= 11 is 1.39. The van der Waals surface area contributed by atoms with Gasteiger partial charge in [-0.05, 0) is 37.1 Å². The van der Waals surface area contributed by atoms with Gasteiger partial charge in [0.1, 0.15) is 0 Å². The van der Waals surface area contributed by atoms with Crippen LogP contribution in [0.2, 0.25) is 0 Å². The maximum Gasteiger partial charge on any atom is 0.237 e. The van der Waals surface area contributed by atoms with Crippen LogP contribution in [0.25, 0.3) is 11.6 Å². The van der Waals surface area contributed by atoms with Crippen LogP contribution >= 0.6 is 11.8 Å². The molecule has 1 amide bonds. The highest BCUT2D eigenvalue weighted by Gasteiger charge is 2.30. The smallest absolute Gasteiger partial charge is 0.237 e. The van der Waals surface area contributed by atoms with Crippen LogP contribution in [-0.2, 0) is 22.5 Å². The SMILES string of the molecule is COCCn1c(SCC(=O)N2c3ccccc3C[C@@H]2C)nnc1-c1ccco1. The van der Waals surface area contributed by atoms with Crippen molar-refractivity contribution in [3.05, 3.63) is 48.2 Å². The topological polar surface area (TPSA) is 73.4 Å². The molecule has 0 saturated carbocycles. The van der Waals surface area contributed by atoms with Gasteiger partial charge < -0.3 is 14.1 Å². The first-order chi connectivity index (χ1) is 13.7. The summed E-state index contributed by atoms with van der Waals surface area (Å²) in [6.45, 7) is 3.18. The molecule has 1 atom stereocenters. The predicted octanol–water partition coefficient (Wildman–Crippen LogP) is 3.25. The molecule has 0 spiro atoms. The third-order valence-corrected chi connectivity index (χ3v) is 5.73. The molecule has 28 heavy (non-hydrogen) atoms. The molecule has 0 saturated heterocycles. The lowest BCUT2D eigenvalue weighted by atomic mass is 10.1. The van der Waals surface area contributed by atoms with Crippen molar-refractivity contribution in [2.75, 3.05) is 24.4 Å². The quantitative estimate of drug-likeness (QED) is 0.569. The van der Waals surface area contributed by atoms with Gasteiger partial charge in [-0.3, -0.25) is 9.36 Å². The molecule has 0 radical (unpaired) electrons. The molecule has 146 valence electrons. The first-order valence-electron chi connectivity index (χ1n) is 9.18. The zero-order valence-electron chi connectivity index (χ0n) is 15.9. The molecule has 8 heteroatoms. The number of carbonyl (C=O) groups is 1. The summed E-state index contributed by atoms with van der Waals surface area (Å²) < 4.78 is 12.6. The Kier molecular flexibility index (Phi) is 5.50. The number of nitrogens with zero attached hydrogens (tertiary/aromatic N) is 4. The summed E-state index contributed by atoms with van der Waals surface area (Å²) in [4.78, 5) is 14.9. The number of hydrogen-bond acceptors (Lipinski definition) is 6. The van der Waals surface area contributed by atoms with E-state index in [-0.39, 0.29) is 11.9 Å². The van der Waals surface area contributed by atoms with Crippen molar-refractivity contribution >= 4 is 23.4 Å². The number of para-hydroxylation sites is 1. The molecule has 2 aromatic heterocycles. The summed E-state index contributed by atoms with van der Waals surface area (Å²) in [6, 6.07) is 11.9. The summed E-state index contributed by atoms with van der Waals surface area (Å²) in [5.41, 5.74) is 2.23. The number of rotatable bonds is 7. The van der Waals surface area contributed by atoms with Crippen LogP contribution in [0.4, 0.5) is 5.69 Å². The molecule has 0 unspecified atom stereocenters. The van der Waals surface area contributed by atoms with Gasteiger partial charge in [-0.2, -0.15) is 0 Å². The summed E-state index contributed by atoms with van der Waals surface area (Å²) in [5.74, 6) is 1.64. The van der Waals surface area contributed by atoms with E-state index in [9.17, 15) is 4.79 Å². The third-order valence-electron chi connectivity index (χ3n) is 4.78. The van der Waals surface area contributed by atoms with Crippen molar-refractivity contribution in [2.45, 2.75) is 31.1 Å². The number of anilines is 1. The molecule has 3 heterocycles. The Bertz CT molecular complexity index is 954. The van der Waals surface area contributed by atoms with Gasteiger partial charge in [0.15, 0.2) is 10.9 Å². The maximum absolute atomic E-state index is 13.0. The second-order valence-corrected chi connectivity index (χ2v) is 7.60. The Hall–Kier alpha value is -2.58. The van der Waals surface area contributed by atoms with Crippen LogP contribution in [-0.4, -0.2) is 46.2 Å². The number of furan rings is 1. The minimum Gasteiger partial charge on any atom is -0.461 e. The monoisotopic (exact) mass is 398 g/mol. The van der Waals surface area contributed by atoms with E-state index in [0.717, 1.165) is 12.1 Å². The lowest BCUT2D eigenvalue weighted by Crippen LogP contribution is -2.37. The standard InChI is InChI=1S/C20H22N4O3S/c1-14-12-15-6-3-4-7-16(15)24(14)18(25)13-28-20-22-21-19(17-8-5-10-27-17)23(20)9-11-26-2/h3-8,10,14H,9,11-13H2,1-2H3/t14-/m0/s1. The second-order valence-electron chi connectivity index (χ2n) is 6.66. The zero-order valence-corrected chi connectivity index (χ0v) is 16.7. The number of ether oxygens (including phenoxy) is 1. The molecule has 0 fully saturated rings. The van der Waals surface area contributed by atoms with Gasteiger partial charge in [0.25, 0.3) is 0 Å². The highest BCUT2D eigenvalue weighted by atomic mass is 32.2. The van der Waals surface area contributed by atoms with E-state index in [4.69, 9.17) is 9.15 Å². The van der Waals surface area contributed by atoms with E-state index in [0.29, 0.717) is 35.6 Å². The number of benzene rings is 1. The Balaban J connectivity index is 1.51. The molecular formula is C20H22N4O3S. The molecule has 0 aliphatic carbocycles. The Morgan fingerprint density at radius 2 is 2.14 bits per heavy atom. The number of carbonyl (C=O) groups excluding carboxylic acids is 1. The molecule has 0 N–H and O–H groups in total. The van der Waals surface area contributed by atoms with E-state index in [1.807, 2.05) is 39.8 Å². The van der Waals surface area contributed by atoms with Crippen LogP contribution in [0.1, 0.15) is 12.5 Å². The first-order valence-corrected chi connectivity index (χ1v) is 10.2. The highest BCUT2D eigenvalue weighted by molar-refractivity contribution is 7.99. The lowest BCUT2D eigenvalue weighted by molar-refractivity contribution is -0.116. The fourth-order valence-electron chi connectivity index (χ4n) is 3.51. The zero-order chi connectivity index (χ0) is 19.5. The van der Waals surface area contributed by atoms with Gasteiger partial charge in [0.2, 0.25) is 11.7 Å². The summed E-state index contributed by atoms with van der Waals surface area (Å²) in [7, 11) is 1.65. The average Bonchev–Trinajstić information content (AvgIpc) is 3.41. The average molecular weight is 398 g/mol. The van der Waals surface area contributed by atoms with Crippen molar-refractivity contribution in [1.82, 2.24) is 14.8 Å². The summed E-state index contributed by atoms with van der Waals surface area (Å²) in [6.07, 6.45) is 2.49. The van der Waals surface area contributed by atoms with Gasteiger partial charge in [-0.25, -0.2) is 0 Å². The predicted molar refractivity (Wildman–Crippen MR) is 107 cm³/mol. The fourth-order valence-corrected chi connectivity index (χ4v) is 4.33. The van der Waals surface area contributed by atoms with Crippen molar-refractivity contribution in [3.8, 4) is 11.6 Å². The van der Waals surface area contributed by atoms with Gasteiger partial charge in [-0.1, -0.05) is 30.0 Å². The van der Waals surface area contributed by atoms with Crippen LogP contribution in [0.5, 0.6) is 0 Å². The largest absolute Gasteiger partial charge is 0.461 e. The molecule has 4 rings (SSSR count). The van der Waals surface area contributed by atoms with Crippen molar-refractivity contribution < 1.29 is 13.9 Å². The number of thioether (sulfide) groups is 1. The molecule has 0 bridgehead atoms. The molecule has 3 aromatic rings. The van der Waals surface area contributed by atoms with Gasteiger partial charge in [0, 0.05) is 18.8 Å². The van der Waals surface area contributed by atoms with Crippen LogP contribution < -0.4 is 4.90 Å². The number of amides is 1. The van der Waals surface area contributed by atoms with E-state index in [1.165, 1.54) is 17.3 Å². The van der Waals surface area contributed by atoms with E-state index in [1.54, 1.807) is 13.4 Å². The summed E-state index contributed by atoms with van der Waals surface area (Å²) in [5, 5.41) is 9.21. The Morgan fingerprint density at radius 1 is 1.29 bits per heavy atom. The van der Waals surface area contributed by atoms with Crippen LogP contribution in [0.3, 0.4) is 0 Å². The molecule has 7 nitrogen and oxygen atoms in total. The minimum absolute atomic E-state index is 0.0725. The molecular weight excluding hydrogens is 376 g/mol. The minimum atomic E-state index is 0.0725. The van der Waals surface area contributed by atoms with Crippen molar-refractivity contribution in [1.29, 1.82) is 0 Å². The lowest BCUT2D eigenvalue weighted by Gasteiger charge is -2.22. The Morgan fingerprint density at radius 3 is 2.93 bits per heavy atom. The van der Waals surface area contributed by atoms with Gasteiger partial charge in [0.05, 0.1) is 25.2 Å². The van der Waals surface area contributed by atoms with Crippen LogP contribution in [0, 0.1) is 0 Å².